The molecule has 0 radical (unpaired) electrons. The highest BCUT2D eigenvalue weighted by molar-refractivity contribution is 5.76. The lowest BCUT2D eigenvalue weighted by Gasteiger charge is -2.31. The molecule has 2 unspecified atom stereocenters. The van der Waals surface area contributed by atoms with Crippen molar-refractivity contribution in [1.82, 2.24) is 20.0 Å². The van der Waals surface area contributed by atoms with Gasteiger partial charge in [-0.15, -0.1) is 10.2 Å². The topological polar surface area (TPSA) is 74.5 Å². The Labute approximate surface area is 185 Å². The van der Waals surface area contributed by atoms with E-state index in [0.29, 0.717) is 43.3 Å². The third-order valence-corrected chi connectivity index (χ3v) is 6.80. The molecule has 0 spiro atoms. The van der Waals surface area contributed by atoms with Gasteiger partial charge in [-0.1, -0.05) is 32.0 Å². The summed E-state index contributed by atoms with van der Waals surface area (Å²) in [7, 11) is 2.22. The molecule has 2 aromatic rings. The number of carbonyl (C=O) groups is 1. The van der Waals surface area contributed by atoms with Crippen LogP contribution in [0, 0.1) is 6.92 Å². The van der Waals surface area contributed by atoms with Crippen LogP contribution in [0.1, 0.15) is 68.4 Å². The van der Waals surface area contributed by atoms with E-state index in [0.717, 1.165) is 25.9 Å². The summed E-state index contributed by atoms with van der Waals surface area (Å²) in [5.41, 5.74) is 3.60. The van der Waals surface area contributed by atoms with Crippen molar-refractivity contribution in [2.45, 2.75) is 77.4 Å². The molecular weight excluding hydrogens is 390 g/mol. The van der Waals surface area contributed by atoms with Crippen LogP contribution in [0.25, 0.3) is 0 Å². The van der Waals surface area contributed by atoms with Gasteiger partial charge < -0.3 is 14.6 Å². The molecule has 1 aromatic heterocycles. The van der Waals surface area contributed by atoms with Crippen LogP contribution in [-0.2, 0) is 17.8 Å². The molecular formula is C24H35N5O2. The molecule has 0 saturated carbocycles. The monoisotopic (exact) mass is 425 g/mol. The highest BCUT2D eigenvalue weighted by atomic mass is 16.4. The summed E-state index contributed by atoms with van der Waals surface area (Å²) < 4.78 is 5.71. The quantitative estimate of drug-likeness (QED) is 0.804. The standard InChI is InChI=1S/C24H35N5O2/c1-16(2)24-27-26-21(31-24)10-11-22(30)29-14-18-7-5-6-17(3)23(18)25-13-12-19-8-9-20(15-29)28(19)4/h5-7,16,19-20,25H,8-15H2,1-4H3. The summed E-state index contributed by atoms with van der Waals surface area (Å²) in [6.45, 7) is 8.53. The van der Waals surface area contributed by atoms with Gasteiger partial charge in [0.1, 0.15) is 0 Å². The van der Waals surface area contributed by atoms with Gasteiger partial charge in [0.2, 0.25) is 17.7 Å². The molecule has 0 aliphatic carbocycles. The zero-order valence-electron chi connectivity index (χ0n) is 19.2. The number of amides is 1. The zero-order valence-corrected chi connectivity index (χ0v) is 19.2. The van der Waals surface area contributed by atoms with Crippen LogP contribution in [0.5, 0.6) is 0 Å². The molecule has 1 aromatic carbocycles. The number of hydrogen-bond acceptors (Lipinski definition) is 6. The number of nitrogens with one attached hydrogen (secondary N) is 1. The minimum atomic E-state index is 0.146. The largest absolute Gasteiger partial charge is 0.425 e. The van der Waals surface area contributed by atoms with Crippen molar-refractivity contribution in [3.63, 3.8) is 0 Å². The first-order valence-corrected chi connectivity index (χ1v) is 11.6. The summed E-state index contributed by atoms with van der Waals surface area (Å²) in [4.78, 5) is 17.9. The normalized spacial score (nSPS) is 22.2. The highest BCUT2D eigenvalue weighted by Gasteiger charge is 2.33. The number of para-hydroxylation sites is 1. The van der Waals surface area contributed by atoms with Gasteiger partial charge in [0.25, 0.3) is 0 Å². The Bertz CT molecular complexity index is 909. The Balaban J connectivity index is 1.53. The van der Waals surface area contributed by atoms with Crippen molar-refractivity contribution in [3.05, 3.63) is 41.1 Å². The van der Waals surface area contributed by atoms with Gasteiger partial charge in [-0.2, -0.15) is 0 Å². The van der Waals surface area contributed by atoms with Crippen LogP contribution in [0.3, 0.4) is 0 Å². The predicted octanol–water partition coefficient (Wildman–Crippen LogP) is 3.74. The van der Waals surface area contributed by atoms with Crippen LogP contribution in [-0.4, -0.2) is 58.1 Å². The average Bonchev–Trinajstić information content (AvgIpc) is 3.34. The maximum Gasteiger partial charge on any atom is 0.223 e. The molecule has 1 N–H and O–H groups in total. The number of aryl methyl sites for hydroxylation is 2. The van der Waals surface area contributed by atoms with Crippen molar-refractivity contribution >= 4 is 11.6 Å². The predicted molar refractivity (Wildman–Crippen MR) is 121 cm³/mol. The van der Waals surface area contributed by atoms with Gasteiger partial charge in [-0.25, -0.2) is 0 Å². The second-order valence-corrected chi connectivity index (χ2v) is 9.34. The zero-order chi connectivity index (χ0) is 22.0. The molecule has 31 heavy (non-hydrogen) atoms. The number of benzene rings is 1. The Morgan fingerprint density at radius 1 is 1.23 bits per heavy atom. The fraction of sp³-hybridized carbons (Fsp3) is 0.625. The van der Waals surface area contributed by atoms with Gasteiger partial charge in [-0.3, -0.25) is 9.69 Å². The number of anilines is 1. The number of fused-ring (bicyclic) bond motifs is 3. The Morgan fingerprint density at radius 3 is 2.81 bits per heavy atom. The molecule has 2 bridgehead atoms. The van der Waals surface area contributed by atoms with E-state index in [1.54, 1.807) is 0 Å². The summed E-state index contributed by atoms with van der Waals surface area (Å²) in [5, 5.41) is 11.9. The first-order valence-electron chi connectivity index (χ1n) is 11.6. The third kappa shape index (κ3) is 4.92. The van der Waals surface area contributed by atoms with Crippen LogP contribution >= 0.6 is 0 Å². The molecule has 7 nitrogen and oxygen atoms in total. The van der Waals surface area contributed by atoms with Gasteiger partial charge >= 0.3 is 0 Å². The number of likely N-dealkylation sites (N-methyl/N-ethyl adjacent to an activating group) is 1. The lowest BCUT2D eigenvalue weighted by molar-refractivity contribution is -0.132. The minimum Gasteiger partial charge on any atom is -0.425 e. The fourth-order valence-electron chi connectivity index (χ4n) is 4.82. The van der Waals surface area contributed by atoms with Crippen molar-refractivity contribution in [2.24, 2.45) is 0 Å². The van der Waals surface area contributed by atoms with Gasteiger partial charge in [0.15, 0.2) is 0 Å². The number of carbonyl (C=O) groups excluding carboxylic acids is 1. The van der Waals surface area contributed by atoms with Crippen LogP contribution in [0.15, 0.2) is 22.6 Å². The number of rotatable bonds is 4. The first-order chi connectivity index (χ1) is 14.9. The molecule has 4 rings (SSSR count). The Hall–Kier alpha value is -2.41. The number of aromatic nitrogens is 2. The van der Waals surface area contributed by atoms with Gasteiger partial charge in [0, 0.05) is 56.2 Å². The van der Waals surface area contributed by atoms with E-state index in [-0.39, 0.29) is 11.8 Å². The second kappa shape index (κ2) is 9.39. The van der Waals surface area contributed by atoms with Crippen molar-refractivity contribution < 1.29 is 9.21 Å². The SMILES string of the molecule is Cc1cccc2c1NCCC1CCC(CN(C(=O)CCc3nnc(C(C)C)o3)C2)N1C. The molecule has 1 saturated heterocycles. The molecule has 2 aliphatic heterocycles. The van der Waals surface area contributed by atoms with Crippen molar-refractivity contribution in [2.75, 3.05) is 25.5 Å². The maximum absolute atomic E-state index is 13.3. The molecule has 7 heteroatoms. The third-order valence-electron chi connectivity index (χ3n) is 6.80. The number of hydrogen-bond donors (Lipinski definition) is 1. The maximum atomic E-state index is 13.3. The molecule has 1 amide bonds. The summed E-state index contributed by atoms with van der Waals surface area (Å²) >= 11 is 0. The van der Waals surface area contributed by atoms with Crippen molar-refractivity contribution in [3.8, 4) is 0 Å². The van der Waals surface area contributed by atoms with E-state index in [1.807, 2.05) is 18.7 Å². The van der Waals surface area contributed by atoms with E-state index in [4.69, 9.17) is 4.42 Å². The van der Waals surface area contributed by atoms with Crippen LogP contribution in [0.4, 0.5) is 5.69 Å². The molecule has 1 fully saturated rings. The number of nitrogens with zero attached hydrogens (tertiary/aromatic N) is 4. The van der Waals surface area contributed by atoms with E-state index < -0.39 is 0 Å². The minimum absolute atomic E-state index is 0.146. The fourth-order valence-corrected chi connectivity index (χ4v) is 4.82. The van der Waals surface area contributed by atoms with Gasteiger partial charge in [0.05, 0.1) is 0 Å². The summed E-state index contributed by atoms with van der Waals surface area (Å²) in [6.07, 6.45) is 4.34. The van der Waals surface area contributed by atoms with E-state index >= 15 is 0 Å². The van der Waals surface area contributed by atoms with E-state index in [1.165, 1.54) is 23.2 Å². The van der Waals surface area contributed by atoms with E-state index in [2.05, 4.69) is 52.6 Å². The molecule has 2 atom stereocenters. The van der Waals surface area contributed by atoms with Crippen LogP contribution < -0.4 is 5.32 Å². The highest BCUT2D eigenvalue weighted by Crippen LogP contribution is 2.29. The first kappa shape index (κ1) is 21.8. The molecule has 3 heterocycles. The van der Waals surface area contributed by atoms with Crippen LogP contribution in [0.2, 0.25) is 0 Å². The van der Waals surface area contributed by atoms with Gasteiger partial charge in [-0.05, 0) is 44.4 Å². The molecule has 168 valence electrons. The molecule has 2 aliphatic rings. The van der Waals surface area contributed by atoms with Crippen molar-refractivity contribution in [1.29, 1.82) is 0 Å². The van der Waals surface area contributed by atoms with E-state index in [9.17, 15) is 4.79 Å². The lowest BCUT2D eigenvalue weighted by atomic mass is 10.0. The summed E-state index contributed by atoms with van der Waals surface area (Å²) in [5.74, 6) is 1.52. The smallest absolute Gasteiger partial charge is 0.223 e. The lowest BCUT2D eigenvalue weighted by Crippen LogP contribution is -2.43. The average molecular weight is 426 g/mol. The summed E-state index contributed by atoms with van der Waals surface area (Å²) in [6, 6.07) is 7.35. The Morgan fingerprint density at radius 2 is 2.03 bits per heavy atom. The Kier molecular flexibility index (Phi) is 6.60. The second-order valence-electron chi connectivity index (χ2n) is 9.34.